The molecule has 0 saturated heterocycles. The number of nitrogens with one attached hydrogen (secondary N) is 1. The lowest BCUT2D eigenvalue weighted by Crippen LogP contribution is -2.55. The molecule has 25 heavy (non-hydrogen) atoms. The van der Waals surface area contributed by atoms with Crippen LogP contribution >= 0.6 is 12.4 Å². The third-order valence-electron chi connectivity index (χ3n) is 4.54. The molecular formula is C17H30ClN3O3S. The van der Waals surface area contributed by atoms with E-state index in [-0.39, 0.29) is 29.1 Å². The van der Waals surface area contributed by atoms with E-state index in [1.54, 1.807) is 26.0 Å². The van der Waals surface area contributed by atoms with Crippen LogP contribution in [0.5, 0.6) is 0 Å². The zero-order chi connectivity index (χ0) is 18.5. The molecule has 0 bridgehead atoms. The molecule has 0 radical (unpaired) electrons. The van der Waals surface area contributed by atoms with Crippen molar-refractivity contribution in [3.63, 3.8) is 0 Å². The molecular weight excluding hydrogens is 362 g/mol. The Balaban J connectivity index is 0.00000576. The van der Waals surface area contributed by atoms with Crippen LogP contribution < -0.4 is 11.1 Å². The Labute approximate surface area is 157 Å². The lowest BCUT2D eigenvalue weighted by Gasteiger charge is -2.33. The van der Waals surface area contributed by atoms with Gasteiger partial charge in [-0.1, -0.05) is 33.8 Å². The van der Waals surface area contributed by atoms with Gasteiger partial charge < -0.3 is 11.1 Å². The van der Waals surface area contributed by atoms with Crippen LogP contribution in [0.15, 0.2) is 29.2 Å². The lowest BCUT2D eigenvalue weighted by atomic mass is 9.88. The standard InChI is InChI=1S/C17H29N3O3S.ClH/c1-6-20(7-2)24(22,23)15-10-8-9-14(11-15)16(21)19-17(5,12-18)13(3)4;/h8-11,13H,6-7,12,18H2,1-5H3,(H,19,21);1H. The largest absolute Gasteiger partial charge is 0.345 e. The molecule has 1 aromatic carbocycles. The number of carbonyl (C=O) groups excluding carboxylic acids is 1. The number of benzene rings is 1. The Kier molecular flexibility index (Phi) is 9.08. The Morgan fingerprint density at radius 2 is 1.84 bits per heavy atom. The first kappa shape index (κ1) is 23.9. The molecule has 144 valence electrons. The molecule has 0 spiro atoms. The maximum Gasteiger partial charge on any atom is 0.251 e. The molecule has 8 heteroatoms. The zero-order valence-electron chi connectivity index (χ0n) is 15.6. The molecule has 0 aliphatic heterocycles. The molecule has 1 rings (SSSR count). The van der Waals surface area contributed by atoms with Crippen molar-refractivity contribution in [2.75, 3.05) is 19.6 Å². The summed E-state index contributed by atoms with van der Waals surface area (Å²) in [4.78, 5) is 12.7. The number of rotatable bonds is 8. The normalized spacial score (nSPS) is 14.1. The highest BCUT2D eigenvalue weighted by Gasteiger charge is 2.29. The van der Waals surface area contributed by atoms with E-state index in [0.717, 1.165) is 0 Å². The van der Waals surface area contributed by atoms with E-state index in [1.807, 2.05) is 20.8 Å². The predicted molar refractivity (Wildman–Crippen MR) is 104 cm³/mol. The summed E-state index contributed by atoms with van der Waals surface area (Å²) in [5.41, 5.74) is 5.55. The summed E-state index contributed by atoms with van der Waals surface area (Å²) < 4.78 is 26.5. The minimum atomic E-state index is -3.59. The Bertz CT molecular complexity index is 675. The first-order chi connectivity index (χ1) is 11.1. The fourth-order valence-electron chi connectivity index (χ4n) is 2.27. The molecule has 0 aliphatic rings. The van der Waals surface area contributed by atoms with Gasteiger partial charge in [0.05, 0.1) is 10.4 Å². The van der Waals surface area contributed by atoms with Crippen LogP contribution in [0.4, 0.5) is 0 Å². The van der Waals surface area contributed by atoms with Gasteiger partial charge in [0.15, 0.2) is 0 Å². The van der Waals surface area contributed by atoms with Crippen molar-refractivity contribution in [1.29, 1.82) is 0 Å². The van der Waals surface area contributed by atoms with Gasteiger partial charge in [-0.05, 0) is 31.0 Å². The molecule has 3 N–H and O–H groups in total. The molecule has 1 unspecified atom stereocenters. The maximum absolute atomic E-state index is 12.6. The number of sulfonamides is 1. The SMILES string of the molecule is CCN(CC)S(=O)(=O)c1cccc(C(=O)NC(C)(CN)C(C)C)c1.Cl. The van der Waals surface area contributed by atoms with Crippen molar-refractivity contribution < 1.29 is 13.2 Å². The second kappa shape index (κ2) is 9.52. The highest BCUT2D eigenvalue weighted by atomic mass is 35.5. The summed E-state index contributed by atoms with van der Waals surface area (Å²) in [5, 5.41) is 2.92. The monoisotopic (exact) mass is 391 g/mol. The topological polar surface area (TPSA) is 92.5 Å². The molecule has 0 aliphatic carbocycles. The van der Waals surface area contributed by atoms with Crippen LogP contribution in [0.25, 0.3) is 0 Å². The molecule has 1 aromatic rings. The van der Waals surface area contributed by atoms with Crippen molar-refractivity contribution in [2.24, 2.45) is 11.7 Å². The lowest BCUT2D eigenvalue weighted by molar-refractivity contribution is 0.0883. The molecule has 6 nitrogen and oxygen atoms in total. The summed E-state index contributed by atoms with van der Waals surface area (Å²) in [7, 11) is -3.59. The number of hydrogen-bond donors (Lipinski definition) is 2. The second-order valence-electron chi connectivity index (χ2n) is 6.35. The van der Waals surface area contributed by atoms with Crippen LogP contribution in [0.3, 0.4) is 0 Å². The van der Waals surface area contributed by atoms with Crippen molar-refractivity contribution in [3.05, 3.63) is 29.8 Å². The second-order valence-corrected chi connectivity index (χ2v) is 8.29. The van der Waals surface area contributed by atoms with E-state index in [4.69, 9.17) is 5.73 Å². The average molecular weight is 392 g/mol. The number of carbonyl (C=O) groups is 1. The molecule has 0 fully saturated rings. The van der Waals surface area contributed by atoms with Crippen molar-refractivity contribution in [3.8, 4) is 0 Å². The minimum Gasteiger partial charge on any atom is -0.345 e. The number of nitrogens with zero attached hydrogens (tertiary/aromatic N) is 1. The molecule has 0 heterocycles. The Hall–Kier alpha value is -1.15. The van der Waals surface area contributed by atoms with Crippen molar-refractivity contribution in [1.82, 2.24) is 9.62 Å². The van der Waals surface area contributed by atoms with Gasteiger partial charge >= 0.3 is 0 Å². The van der Waals surface area contributed by atoms with Gasteiger partial charge in [-0.3, -0.25) is 4.79 Å². The van der Waals surface area contributed by atoms with Crippen molar-refractivity contribution in [2.45, 2.75) is 45.1 Å². The fraction of sp³-hybridized carbons (Fsp3) is 0.588. The first-order valence-corrected chi connectivity index (χ1v) is 9.69. The van der Waals surface area contributed by atoms with Crippen LogP contribution in [-0.2, 0) is 10.0 Å². The van der Waals surface area contributed by atoms with E-state index < -0.39 is 15.6 Å². The van der Waals surface area contributed by atoms with Gasteiger partial charge in [-0.2, -0.15) is 4.31 Å². The van der Waals surface area contributed by atoms with Crippen LogP contribution in [-0.4, -0.2) is 43.8 Å². The van der Waals surface area contributed by atoms with E-state index in [9.17, 15) is 13.2 Å². The van der Waals surface area contributed by atoms with Gasteiger partial charge in [0.25, 0.3) is 5.91 Å². The quantitative estimate of drug-likeness (QED) is 0.710. The highest BCUT2D eigenvalue weighted by Crippen LogP contribution is 2.19. The van der Waals surface area contributed by atoms with Gasteiger partial charge in [-0.15, -0.1) is 12.4 Å². The smallest absolute Gasteiger partial charge is 0.251 e. The third kappa shape index (κ3) is 5.41. The summed E-state index contributed by atoms with van der Waals surface area (Å²) in [5.74, 6) is -0.178. The Morgan fingerprint density at radius 3 is 2.28 bits per heavy atom. The number of nitrogens with two attached hydrogens (primary N) is 1. The van der Waals surface area contributed by atoms with Gasteiger partial charge in [0, 0.05) is 25.2 Å². The van der Waals surface area contributed by atoms with Crippen molar-refractivity contribution >= 4 is 28.3 Å². The average Bonchev–Trinajstić information content (AvgIpc) is 2.55. The van der Waals surface area contributed by atoms with E-state index >= 15 is 0 Å². The van der Waals surface area contributed by atoms with E-state index in [1.165, 1.54) is 16.4 Å². The number of halogens is 1. The molecule has 1 amide bonds. The van der Waals surface area contributed by atoms with Crippen LogP contribution in [0, 0.1) is 5.92 Å². The summed E-state index contributed by atoms with van der Waals surface area (Å²) in [6, 6.07) is 6.11. The fourth-order valence-corrected chi connectivity index (χ4v) is 3.78. The van der Waals surface area contributed by atoms with E-state index in [0.29, 0.717) is 25.2 Å². The molecule has 1 atom stereocenters. The number of amides is 1. The summed E-state index contributed by atoms with van der Waals surface area (Å²) in [6.45, 7) is 10.5. The minimum absolute atomic E-state index is 0. The van der Waals surface area contributed by atoms with Crippen LogP contribution in [0.2, 0.25) is 0 Å². The molecule has 0 saturated carbocycles. The van der Waals surface area contributed by atoms with Gasteiger partial charge in [0.2, 0.25) is 10.0 Å². The van der Waals surface area contributed by atoms with Gasteiger partial charge in [0.1, 0.15) is 0 Å². The maximum atomic E-state index is 12.6. The zero-order valence-corrected chi connectivity index (χ0v) is 17.2. The Morgan fingerprint density at radius 1 is 1.28 bits per heavy atom. The van der Waals surface area contributed by atoms with Crippen LogP contribution in [0.1, 0.15) is 45.0 Å². The predicted octanol–water partition coefficient (Wildman–Crippen LogP) is 2.24. The summed E-state index contributed by atoms with van der Waals surface area (Å²) >= 11 is 0. The van der Waals surface area contributed by atoms with Gasteiger partial charge in [-0.25, -0.2) is 8.42 Å². The number of hydrogen-bond acceptors (Lipinski definition) is 4. The third-order valence-corrected chi connectivity index (χ3v) is 6.58. The highest BCUT2D eigenvalue weighted by molar-refractivity contribution is 7.89. The van der Waals surface area contributed by atoms with E-state index in [2.05, 4.69) is 5.32 Å². The molecule has 0 aromatic heterocycles. The first-order valence-electron chi connectivity index (χ1n) is 8.25. The summed E-state index contributed by atoms with van der Waals surface area (Å²) in [6.07, 6.45) is 0.